The van der Waals surface area contributed by atoms with Crippen LogP contribution in [0.4, 0.5) is 39.5 Å². The molecule has 1 aromatic heterocycles. The van der Waals surface area contributed by atoms with Gasteiger partial charge in [-0.15, -0.1) is 0 Å². The number of aromatic nitrogens is 1. The van der Waals surface area contributed by atoms with E-state index in [0.717, 1.165) is 35.9 Å². The monoisotopic (exact) mass is 586 g/mol. The van der Waals surface area contributed by atoms with Crippen LogP contribution >= 0.6 is 0 Å². The number of ether oxygens (including phenoxy) is 1. The van der Waals surface area contributed by atoms with Gasteiger partial charge in [-0.1, -0.05) is 0 Å². The SMILES string of the molecule is CC(c1cc(N(C(N)=O)c2ccc(Oc3ccnc(NC(=O)C4CC4)c3)c(F)c2)cc(C(F)(F)F)c1)N1CCNCC1. The highest BCUT2D eigenvalue weighted by Crippen LogP contribution is 2.39. The fourth-order valence-electron chi connectivity index (χ4n) is 4.81. The molecule has 5 rings (SSSR count). The summed E-state index contributed by atoms with van der Waals surface area (Å²) < 4.78 is 62.6. The Hall–Kier alpha value is -4.23. The van der Waals surface area contributed by atoms with E-state index in [9.17, 15) is 22.8 Å². The molecule has 9 nitrogen and oxygen atoms in total. The standard InChI is InChI=1S/C29H30F4N6O3/c1-17(38-10-8-35-9-11-38)19-12-20(29(31,32)33)14-22(13-19)39(28(34)41)21-4-5-25(24(30)15-21)42-23-6-7-36-26(16-23)37-27(40)18-2-3-18/h4-7,12-18,35H,2-3,8-11H2,1H3,(H2,34,41)(H,36,37,40). The van der Waals surface area contributed by atoms with Crippen molar-refractivity contribution in [3.8, 4) is 11.5 Å². The molecule has 42 heavy (non-hydrogen) atoms. The van der Waals surface area contributed by atoms with Gasteiger partial charge in [0.1, 0.15) is 11.6 Å². The van der Waals surface area contributed by atoms with Crippen LogP contribution in [0.15, 0.2) is 54.7 Å². The van der Waals surface area contributed by atoms with Crippen LogP contribution in [0.25, 0.3) is 0 Å². The number of piperazine rings is 1. The normalized spacial score (nSPS) is 16.5. The lowest BCUT2D eigenvalue weighted by Gasteiger charge is -2.34. The van der Waals surface area contributed by atoms with Crippen molar-refractivity contribution in [2.45, 2.75) is 32.0 Å². The van der Waals surface area contributed by atoms with Crippen LogP contribution in [0, 0.1) is 11.7 Å². The lowest BCUT2D eigenvalue weighted by atomic mass is 10.0. The summed E-state index contributed by atoms with van der Waals surface area (Å²) in [4.78, 5) is 31.5. The molecular formula is C29H30F4N6O3. The molecule has 0 spiro atoms. The van der Waals surface area contributed by atoms with E-state index < -0.39 is 23.6 Å². The fourth-order valence-corrected chi connectivity index (χ4v) is 4.81. The minimum atomic E-state index is -4.69. The van der Waals surface area contributed by atoms with E-state index in [1.54, 1.807) is 6.92 Å². The molecule has 222 valence electrons. The number of hydrogen-bond donors (Lipinski definition) is 3. The highest BCUT2D eigenvalue weighted by molar-refractivity contribution is 5.98. The number of alkyl halides is 3. The molecule has 1 saturated heterocycles. The van der Waals surface area contributed by atoms with Crippen molar-refractivity contribution in [1.29, 1.82) is 0 Å². The van der Waals surface area contributed by atoms with Crippen LogP contribution in [0.3, 0.4) is 0 Å². The van der Waals surface area contributed by atoms with E-state index in [1.807, 2.05) is 4.90 Å². The van der Waals surface area contributed by atoms with Crippen LogP contribution < -0.4 is 26.0 Å². The van der Waals surface area contributed by atoms with E-state index in [4.69, 9.17) is 10.5 Å². The first-order valence-electron chi connectivity index (χ1n) is 13.5. The Morgan fingerprint density at radius 2 is 1.83 bits per heavy atom. The topological polar surface area (TPSA) is 113 Å². The molecule has 1 unspecified atom stereocenters. The Morgan fingerprint density at radius 3 is 2.48 bits per heavy atom. The lowest BCUT2D eigenvalue weighted by Crippen LogP contribution is -2.44. The van der Waals surface area contributed by atoms with Gasteiger partial charge in [-0.25, -0.2) is 14.2 Å². The summed E-state index contributed by atoms with van der Waals surface area (Å²) in [7, 11) is 0. The third kappa shape index (κ3) is 6.80. The highest BCUT2D eigenvalue weighted by atomic mass is 19.4. The summed E-state index contributed by atoms with van der Waals surface area (Å²) in [6.45, 7) is 4.49. The van der Waals surface area contributed by atoms with Gasteiger partial charge in [0.25, 0.3) is 0 Å². The molecule has 1 aliphatic carbocycles. The fraction of sp³-hybridized carbons (Fsp3) is 0.345. The van der Waals surface area contributed by atoms with E-state index in [2.05, 4.69) is 15.6 Å². The summed E-state index contributed by atoms with van der Waals surface area (Å²) in [5.74, 6) is -0.850. The van der Waals surface area contributed by atoms with Crippen LogP contribution in [-0.4, -0.2) is 48.0 Å². The number of nitrogens with one attached hydrogen (secondary N) is 2. The van der Waals surface area contributed by atoms with Gasteiger partial charge in [-0.3, -0.25) is 14.6 Å². The predicted molar refractivity (Wildman–Crippen MR) is 148 cm³/mol. The molecule has 13 heteroatoms. The molecule has 3 amide bonds. The maximum atomic E-state index is 15.2. The van der Waals surface area contributed by atoms with Gasteiger partial charge in [0.2, 0.25) is 5.91 Å². The summed E-state index contributed by atoms with van der Waals surface area (Å²) >= 11 is 0. The maximum absolute atomic E-state index is 15.2. The first kappa shape index (κ1) is 29.3. The molecule has 2 fully saturated rings. The average Bonchev–Trinajstić information content (AvgIpc) is 3.80. The number of pyridine rings is 1. The van der Waals surface area contributed by atoms with Crippen molar-refractivity contribution in [3.05, 3.63) is 71.7 Å². The Morgan fingerprint density at radius 1 is 1.10 bits per heavy atom. The number of anilines is 3. The summed E-state index contributed by atoms with van der Waals surface area (Å²) in [5, 5.41) is 5.89. The molecule has 2 aliphatic rings. The molecule has 0 bridgehead atoms. The van der Waals surface area contributed by atoms with Gasteiger partial charge in [0.05, 0.1) is 16.9 Å². The third-order valence-electron chi connectivity index (χ3n) is 7.26. The second-order valence-electron chi connectivity index (χ2n) is 10.3. The number of nitrogens with two attached hydrogens (primary N) is 1. The number of carbonyl (C=O) groups is 2. The number of halogens is 4. The van der Waals surface area contributed by atoms with Crippen molar-refractivity contribution in [2.75, 3.05) is 36.4 Å². The zero-order chi connectivity index (χ0) is 30.0. The largest absolute Gasteiger partial charge is 0.454 e. The van der Waals surface area contributed by atoms with Gasteiger partial charge < -0.3 is 21.1 Å². The number of nitrogens with zero attached hydrogens (tertiary/aromatic N) is 3. The second kappa shape index (κ2) is 11.9. The Labute approximate surface area is 239 Å². The van der Waals surface area contributed by atoms with Crippen molar-refractivity contribution in [2.24, 2.45) is 11.7 Å². The van der Waals surface area contributed by atoms with Gasteiger partial charge in [-0.05, 0) is 61.7 Å². The summed E-state index contributed by atoms with van der Waals surface area (Å²) in [6, 6.07) is 8.29. The van der Waals surface area contributed by atoms with Gasteiger partial charge in [0.15, 0.2) is 11.6 Å². The number of urea groups is 1. The minimum Gasteiger partial charge on any atom is -0.454 e. The summed E-state index contributed by atoms with van der Waals surface area (Å²) in [5.41, 5.74) is 4.78. The quantitative estimate of drug-likeness (QED) is 0.298. The zero-order valence-corrected chi connectivity index (χ0v) is 22.7. The van der Waals surface area contributed by atoms with Crippen molar-refractivity contribution in [1.82, 2.24) is 15.2 Å². The van der Waals surface area contributed by atoms with Crippen LogP contribution in [0.2, 0.25) is 0 Å². The van der Waals surface area contributed by atoms with Crippen LogP contribution in [0.5, 0.6) is 11.5 Å². The first-order chi connectivity index (χ1) is 20.0. The molecule has 1 saturated carbocycles. The number of carbonyl (C=O) groups excluding carboxylic acids is 2. The Balaban J connectivity index is 1.43. The predicted octanol–water partition coefficient (Wildman–Crippen LogP) is 5.56. The van der Waals surface area contributed by atoms with E-state index >= 15 is 4.39 Å². The van der Waals surface area contributed by atoms with Gasteiger partial charge in [-0.2, -0.15) is 13.2 Å². The third-order valence-corrected chi connectivity index (χ3v) is 7.26. The first-order valence-corrected chi connectivity index (χ1v) is 13.5. The average molecular weight is 587 g/mol. The number of primary amides is 1. The van der Waals surface area contributed by atoms with E-state index in [-0.39, 0.29) is 46.6 Å². The van der Waals surface area contributed by atoms with Crippen LogP contribution in [0.1, 0.15) is 36.9 Å². The second-order valence-corrected chi connectivity index (χ2v) is 10.3. The molecule has 2 aromatic carbocycles. The molecule has 3 aromatic rings. The van der Waals surface area contributed by atoms with Gasteiger partial charge in [0, 0.05) is 56.5 Å². The highest BCUT2D eigenvalue weighted by Gasteiger charge is 2.34. The minimum absolute atomic E-state index is 0.0345. The maximum Gasteiger partial charge on any atom is 0.416 e. The van der Waals surface area contributed by atoms with Gasteiger partial charge >= 0.3 is 12.2 Å². The molecule has 2 heterocycles. The molecule has 4 N–H and O–H groups in total. The number of amides is 3. The molecule has 0 radical (unpaired) electrons. The number of hydrogen-bond acceptors (Lipinski definition) is 6. The molecule has 1 atom stereocenters. The smallest absolute Gasteiger partial charge is 0.416 e. The Bertz CT molecular complexity index is 1470. The number of benzene rings is 2. The molecular weight excluding hydrogens is 556 g/mol. The van der Waals surface area contributed by atoms with Crippen LogP contribution in [-0.2, 0) is 11.0 Å². The zero-order valence-electron chi connectivity index (χ0n) is 22.7. The Kier molecular flexibility index (Phi) is 8.32. The van der Waals surface area contributed by atoms with Crippen molar-refractivity contribution < 1.29 is 31.9 Å². The molecule has 1 aliphatic heterocycles. The van der Waals surface area contributed by atoms with E-state index in [1.165, 1.54) is 36.5 Å². The van der Waals surface area contributed by atoms with E-state index in [0.29, 0.717) is 31.7 Å². The summed E-state index contributed by atoms with van der Waals surface area (Å²) in [6.07, 6.45) is -1.66. The van der Waals surface area contributed by atoms with Crippen molar-refractivity contribution in [3.63, 3.8) is 0 Å². The van der Waals surface area contributed by atoms with Crippen molar-refractivity contribution >= 4 is 29.1 Å². The lowest BCUT2D eigenvalue weighted by molar-refractivity contribution is -0.137. The number of rotatable bonds is 8.